The molecule has 0 fully saturated rings. The van der Waals surface area contributed by atoms with Crippen molar-refractivity contribution in [2.24, 2.45) is 0 Å². The number of fused-ring (bicyclic) bond motifs is 1. The van der Waals surface area contributed by atoms with Gasteiger partial charge in [0.1, 0.15) is 18.0 Å². The monoisotopic (exact) mass is 356 g/mol. The molecule has 7 heteroatoms. The van der Waals surface area contributed by atoms with Crippen molar-refractivity contribution in [2.45, 2.75) is 6.61 Å². The van der Waals surface area contributed by atoms with Gasteiger partial charge in [-0.05, 0) is 24.3 Å². The van der Waals surface area contributed by atoms with E-state index in [-0.39, 0.29) is 6.61 Å². The van der Waals surface area contributed by atoms with Gasteiger partial charge in [0.25, 0.3) is 0 Å². The number of methoxy groups -OCH3 is 2. The number of carbonyl (C=O) groups excluding carboxylic acids is 1. The average Bonchev–Trinajstić information content (AvgIpc) is 3.16. The smallest absolute Gasteiger partial charge is 0.336 e. The van der Waals surface area contributed by atoms with Crippen molar-refractivity contribution in [3.63, 3.8) is 0 Å². The maximum absolute atomic E-state index is 11.9. The third-order valence-electron chi connectivity index (χ3n) is 3.63. The summed E-state index contributed by atoms with van der Waals surface area (Å²) < 4.78 is 25.9. The van der Waals surface area contributed by atoms with Gasteiger partial charge in [0.2, 0.25) is 0 Å². The van der Waals surface area contributed by atoms with Crippen LogP contribution in [0.3, 0.4) is 0 Å². The SMILES string of the molecule is COc1cc2oc(=O)cc(COC(=O)/C=C/c3ccco3)c2cc1OC. The molecule has 134 valence electrons. The first-order valence-corrected chi connectivity index (χ1v) is 7.68. The van der Waals surface area contributed by atoms with E-state index >= 15 is 0 Å². The Kier molecular flexibility index (Phi) is 5.07. The quantitative estimate of drug-likeness (QED) is 0.381. The van der Waals surface area contributed by atoms with Crippen LogP contribution in [0.1, 0.15) is 11.3 Å². The zero-order chi connectivity index (χ0) is 18.5. The number of furan rings is 1. The van der Waals surface area contributed by atoms with Crippen molar-refractivity contribution in [2.75, 3.05) is 14.2 Å². The van der Waals surface area contributed by atoms with Gasteiger partial charge in [0, 0.05) is 29.2 Å². The third-order valence-corrected chi connectivity index (χ3v) is 3.63. The van der Waals surface area contributed by atoms with Crippen molar-refractivity contribution in [1.29, 1.82) is 0 Å². The van der Waals surface area contributed by atoms with Gasteiger partial charge < -0.3 is 23.0 Å². The fraction of sp³-hybridized carbons (Fsp3) is 0.158. The standard InChI is InChI=1S/C19H16O7/c1-22-16-9-14-12(8-19(21)26-15(14)10-17(16)23-2)11-25-18(20)6-5-13-4-3-7-24-13/h3-10H,11H2,1-2H3/b6-5+. The zero-order valence-corrected chi connectivity index (χ0v) is 14.2. The van der Waals surface area contributed by atoms with Crippen LogP contribution >= 0.6 is 0 Å². The Morgan fingerprint density at radius 2 is 1.92 bits per heavy atom. The van der Waals surface area contributed by atoms with Crippen molar-refractivity contribution < 1.29 is 27.8 Å². The fourth-order valence-electron chi connectivity index (χ4n) is 2.41. The summed E-state index contributed by atoms with van der Waals surface area (Å²) in [6.45, 7) is -0.0983. The molecular formula is C19H16O7. The number of esters is 1. The molecule has 0 unspecified atom stereocenters. The predicted molar refractivity (Wildman–Crippen MR) is 93.1 cm³/mol. The summed E-state index contributed by atoms with van der Waals surface area (Å²) in [6.07, 6.45) is 4.24. The Bertz CT molecular complexity index is 997. The lowest BCUT2D eigenvalue weighted by atomic mass is 10.1. The first kappa shape index (κ1) is 17.3. The maximum Gasteiger partial charge on any atom is 0.336 e. The van der Waals surface area contributed by atoms with E-state index in [1.165, 1.54) is 38.7 Å². The van der Waals surface area contributed by atoms with Gasteiger partial charge >= 0.3 is 11.6 Å². The van der Waals surface area contributed by atoms with Gasteiger partial charge in [-0.2, -0.15) is 0 Å². The molecule has 26 heavy (non-hydrogen) atoms. The van der Waals surface area contributed by atoms with E-state index in [9.17, 15) is 9.59 Å². The highest BCUT2D eigenvalue weighted by Gasteiger charge is 2.13. The summed E-state index contributed by atoms with van der Waals surface area (Å²) in [5.74, 6) is 0.866. The lowest BCUT2D eigenvalue weighted by molar-refractivity contribution is -0.138. The van der Waals surface area contributed by atoms with Gasteiger partial charge in [-0.3, -0.25) is 0 Å². The number of rotatable bonds is 6. The first-order valence-electron chi connectivity index (χ1n) is 7.68. The minimum Gasteiger partial charge on any atom is -0.493 e. The molecule has 0 N–H and O–H groups in total. The molecule has 0 radical (unpaired) electrons. The largest absolute Gasteiger partial charge is 0.493 e. The highest BCUT2D eigenvalue weighted by atomic mass is 16.5. The molecule has 2 heterocycles. The van der Waals surface area contributed by atoms with Crippen LogP contribution in [0.25, 0.3) is 17.0 Å². The summed E-state index contributed by atoms with van der Waals surface area (Å²) in [5.41, 5.74) is 0.256. The molecular weight excluding hydrogens is 340 g/mol. The second-order valence-electron chi connectivity index (χ2n) is 5.25. The van der Waals surface area contributed by atoms with Crippen molar-refractivity contribution >= 4 is 23.0 Å². The van der Waals surface area contributed by atoms with Crippen LogP contribution in [0, 0.1) is 0 Å². The van der Waals surface area contributed by atoms with Crippen molar-refractivity contribution in [3.8, 4) is 11.5 Å². The molecule has 0 aliphatic carbocycles. The number of ether oxygens (including phenoxy) is 3. The Morgan fingerprint density at radius 1 is 1.15 bits per heavy atom. The average molecular weight is 356 g/mol. The molecule has 1 aromatic carbocycles. The minimum atomic E-state index is -0.566. The van der Waals surface area contributed by atoms with Crippen LogP contribution in [0.2, 0.25) is 0 Å². The second kappa shape index (κ2) is 7.60. The van der Waals surface area contributed by atoms with E-state index < -0.39 is 11.6 Å². The van der Waals surface area contributed by atoms with Crippen LogP contribution < -0.4 is 15.1 Å². The molecule has 3 aromatic rings. The molecule has 2 aromatic heterocycles. The van der Waals surface area contributed by atoms with Crippen molar-refractivity contribution in [1.82, 2.24) is 0 Å². The Balaban J connectivity index is 1.84. The summed E-state index contributed by atoms with van der Waals surface area (Å²) >= 11 is 0. The predicted octanol–water partition coefficient (Wildman–Crippen LogP) is 3.16. The topological polar surface area (TPSA) is 88.1 Å². The van der Waals surface area contributed by atoms with E-state index in [1.807, 2.05) is 0 Å². The summed E-state index contributed by atoms with van der Waals surface area (Å²) in [7, 11) is 2.99. The molecule has 0 amide bonds. The van der Waals surface area contributed by atoms with E-state index in [0.29, 0.717) is 33.8 Å². The highest BCUT2D eigenvalue weighted by Crippen LogP contribution is 2.33. The Labute approximate surface area is 148 Å². The minimum absolute atomic E-state index is 0.0983. The number of hydrogen-bond acceptors (Lipinski definition) is 7. The van der Waals surface area contributed by atoms with Crippen LogP contribution in [-0.4, -0.2) is 20.2 Å². The molecule has 0 saturated carbocycles. The molecule has 0 aliphatic heterocycles. The summed E-state index contributed by atoms with van der Waals surface area (Å²) in [6, 6.07) is 7.91. The molecule has 0 aliphatic rings. The molecule has 0 bridgehead atoms. The lowest BCUT2D eigenvalue weighted by Gasteiger charge is -2.11. The van der Waals surface area contributed by atoms with Crippen molar-refractivity contribution in [3.05, 3.63) is 64.4 Å². The molecule has 3 rings (SSSR count). The van der Waals surface area contributed by atoms with Gasteiger partial charge in [0.05, 0.1) is 20.5 Å². The molecule has 0 spiro atoms. The Morgan fingerprint density at radius 3 is 2.62 bits per heavy atom. The molecule has 0 atom stereocenters. The van der Waals surface area contributed by atoms with Gasteiger partial charge in [-0.1, -0.05) is 0 Å². The summed E-state index contributed by atoms with van der Waals surface area (Å²) in [4.78, 5) is 23.6. The number of carbonyl (C=O) groups is 1. The van der Waals surface area contributed by atoms with Crippen LogP contribution in [-0.2, 0) is 16.1 Å². The van der Waals surface area contributed by atoms with Gasteiger partial charge in [-0.25, -0.2) is 9.59 Å². The zero-order valence-electron chi connectivity index (χ0n) is 14.2. The summed E-state index contributed by atoms with van der Waals surface area (Å²) in [5, 5.41) is 0.588. The third kappa shape index (κ3) is 3.77. The number of hydrogen-bond donors (Lipinski definition) is 0. The fourth-order valence-corrected chi connectivity index (χ4v) is 2.41. The van der Waals surface area contributed by atoms with Gasteiger partial charge in [0.15, 0.2) is 11.5 Å². The van der Waals surface area contributed by atoms with Crippen LogP contribution in [0.15, 0.2) is 56.3 Å². The van der Waals surface area contributed by atoms with Crippen LogP contribution in [0.4, 0.5) is 0 Å². The second-order valence-corrected chi connectivity index (χ2v) is 5.25. The van der Waals surface area contributed by atoms with E-state index in [1.54, 1.807) is 24.3 Å². The lowest BCUT2D eigenvalue weighted by Crippen LogP contribution is -2.06. The maximum atomic E-state index is 11.9. The van der Waals surface area contributed by atoms with E-state index in [4.69, 9.17) is 23.0 Å². The van der Waals surface area contributed by atoms with Crippen LogP contribution in [0.5, 0.6) is 11.5 Å². The van der Waals surface area contributed by atoms with Gasteiger partial charge in [-0.15, -0.1) is 0 Å². The first-order chi connectivity index (χ1) is 12.6. The van der Waals surface area contributed by atoms with E-state index in [0.717, 1.165) is 0 Å². The molecule has 0 saturated heterocycles. The number of benzene rings is 1. The highest BCUT2D eigenvalue weighted by molar-refractivity contribution is 5.87. The molecule has 7 nitrogen and oxygen atoms in total. The van der Waals surface area contributed by atoms with E-state index in [2.05, 4.69) is 0 Å². The normalized spacial score (nSPS) is 11.0. The Hall–Kier alpha value is -3.48.